The molecule has 2 amide bonds. The predicted molar refractivity (Wildman–Crippen MR) is 186 cm³/mol. The van der Waals surface area contributed by atoms with Crippen LogP contribution in [0.5, 0.6) is 5.75 Å². The van der Waals surface area contributed by atoms with E-state index >= 15 is 0 Å². The number of hydrogen-bond acceptors (Lipinski definition) is 8. The summed E-state index contributed by atoms with van der Waals surface area (Å²) in [6.07, 6.45) is 3.77. The van der Waals surface area contributed by atoms with Crippen molar-refractivity contribution in [2.75, 3.05) is 6.61 Å². The van der Waals surface area contributed by atoms with Crippen LogP contribution in [0.2, 0.25) is 0 Å². The second-order valence-corrected chi connectivity index (χ2v) is 13.5. The average molecular weight is 647 g/mol. The van der Waals surface area contributed by atoms with Crippen LogP contribution in [0.3, 0.4) is 0 Å². The van der Waals surface area contributed by atoms with Crippen LogP contribution in [0.4, 0.5) is 9.59 Å². The normalized spacial score (nSPS) is 11.6. The van der Waals surface area contributed by atoms with Crippen LogP contribution < -0.4 is 4.74 Å². The molecule has 0 fully saturated rings. The maximum Gasteiger partial charge on any atom is 0.420 e. The second kappa shape index (κ2) is 14.6. The molecule has 0 bridgehead atoms. The Balaban J connectivity index is 1.45. The lowest BCUT2D eigenvalue weighted by molar-refractivity contribution is -0.000253. The number of amides is 2. The molecule has 0 aliphatic heterocycles. The lowest BCUT2D eigenvalue weighted by Crippen LogP contribution is -2.43. The van der Waals surface area contributed by atoms with Crippen LogP contribution >= 0.6 is 0 Å². The summed E-state index contributed by atoms with van der Waals surface area (Å²) in [6.45, 7) is 11.0. The molecular weight excluding hydrogens is 604 g/mol. The number of fused-ring (bicyclic) bond motifs is 1. The third-order valence-electron chi connectivity index (χ3n) is 7.12. The minimum Gasteiger partial charge on any atom is -0.491 e. The Morgan fingerprint density at radius 3 is 1.90 bits per heavy atom. The molecule has 0 spiro atoms. The van der Waals surface area contributed by atoms with E-state index in [-0.39, 0.29) is 6.54 Å². The molecule has 2 heterocycles. The van der Waals surface area contributed by atoms with E-state index in [1.54, 1.807) is 53.9 Å². The molecule has 9 heteroatoms. The van der Waals surface area contributed by atoms with Gasteiger partial charge in [0.1, 0.15) is 22.5 Å². The molecule has 9 nitrogen and oxygen atoms in total. The monoisotopic (exact) mass is 646 g/mol. The Kier molecular flexibility index (Phi) is 10.4. The standard InChI is InChI=1S/C39H42N4O5/c1-38(2,3)47-36(44)43(37(45)48-39(4,5)6)26-28-17-19-30(20-18-28)34-33(29-13-8-7-9-14-29)41-31-15-10-16-32(35(31)42-34)46-25-11-12-27-21-23-40-24-22-27/h7-10,13-24H,11-12,25-26H2,1-6H3. The molecule has 5 rings (SSSR count). The first kappa shape index (κ1) is 34.0. The summed E-state index contributed by atoms with van der Waals surface area (Å²) in [4.78, 5) is 41.4. The lowest BCUT2D eigenvalue weighted by atomic mass is 10.0. The Hall–Kier alpha value is -5.31. The minimum atomic E-state index is -0.786. The zero-order valence-corrected chi connectivity index (χ0v) is 28.4. The van der Waals surface area contributed by atoms with E-state index in [0.29, 0.717) is 29.1 Å². The van der Waals surface area contributed by atoms with Gasteiger partial charge in [-0.05, 0) is 89.8 Å². The summed E-state index contributed by atoms with van der Waals surface area (Å²) in [5, 5.41) is 0. The number of pyridine rings is 1. The Labute approximate surface area is 281 Å². The van der Waals surface area contributed by atoms with E-state index in [0.717, 1.165) is 40.1 Å². The van der Waals surface area contributed by atoms with Crippen LogP contribution in [-0.4, -0.2) is 49.8 Å². The summed E-state index contributed by atoms with van der Waals surface area (Å²) in [5.41, 5.74) is 4.91. The molecule has 0 atom stereocenters. The SMILES string of the molecule is CC(C)(C)OC(=O)N(Cc1ccc(-c2nc3c(OCCCc4ccncc4)cccc3nc2-c2ccccc2)cc1)C(=O)OC(C)(C)C. The first-order valence-corrected chi connectivity index (χ1v) is 16.1. The van der Waals surface area contributed by atoms with Crippen LogP contribution in [0, 0.1) is 0 Å². The number of carbonyl (C=O) groups is 2. The molecule has 3 aromatic carbocycles. The quantitative estimate of drug-likeness (QED) is 0.146. The predicted octanol–water partition coefficient (Wildman–Crippen LogP) is 9.04. The average Bonchev–Trinajstić information content (AvgIpc) is 3.04. The molecular formula is C39H42N4O5. The van der Waals surface area contributed by atoms with Gasteiger partial charge < -0.3 is 14.2 Å². The lowest BCUT2D eigenvalue weighted by Gasteiger charge is -2.28. The van der Waals surface area contributed by atoms with Gasteiger partial charge in [0, 0.05) is 23.5 Å². The Morgan fingerprint density at radius 1 is 0.667 bits per heavy atom. The maximum atomic E-state index is 13.1. The fourth-order valence-corrected chi connectivity index (χ4v) is 4.96. The smallest absolute Gasteiger partial charge is 0.420 e. The summed E-state index contributed by atoms with van der Waals surface area (Å²) in [5.74, 6) is 0.664. The van der Waals surface area contributed by atoms with E-state index in [2.05, 4.69) is 4.98 Å². The van der Waals surface area contributed by atoms with Crippen LogP contribution in [0.1, 0.15) is 59.1 Å². The number of rotatable bonds is 9. The largest absolute Gasteiger partial charge is 0.491 e. The van der Waals surface area contributed by atoms with Crippen molar-refractivity contribution in [2.45, 2.75) is 72.1 Å². The van der Waals surface area contributed by atoms with Gasteiger partial charge >= 0.3 is 12.2 Å². The molecule has 248 valence electrons. The van der Waals surface area contributed by atoms with Crippen molar-refractivity contribution in [1.82, 2.24) is 19.9 Å². The minimum absolute atomic E-state index is 0.0312. The van der Waals surface area contributed by atoms with Crippen molar-refractivity contribution in [3.05, 3.63) is 108 Å². The van der Waals surface area contributed by atoms with Gasteiger partial charge in [0.15, 0.2) is 0 Å². The van der Waals surface area contributed by atoms with Gasteiger partial charge in [0.25, 0.3) is 0 Å². The molecule has 48 heavy (non-hydrogen) atoms. The molecule has 0 saturated carbocycles. The molecule has 0 aliphatic rings. The van der Waals surface area contributed by atoms with E-state index in [1.807, 2.05) is 84.9 Å². The Morgan fingerprint density at radius 2 is 1.27 bits per heavy atom. The summed E-state index contributed by atoms with van der Waals surface area (Å²) >= 11 is 0. The fraction of sp³-hybridized carbons (Fsp3) is 0.308. The van der Waals surface area contributed by atoms with Gasteiger partial charge in [-0.1, -0.05) is 60.7 Å². The highest BCUT2D eigenvalue weighted by Crippen LogP contribution is 2.34. The molecule has 0 aliphatic carbocycles. The number of para-hydroxylation sites is 1. The summed E-state index contributed by atoms with van der Waals surface area (Å²) in [6, 6.07) is 27.3. The number of hydrogen-bond donors (Lipinski definition) is 0. The number of carbonyl (C=O) groups excluding carboxylic acids is 2. The molecule has 0 radical (unpaired) electrons. The van der Waals surface area contributed by atoms with Gasteiger partial charge in [-0.15, -0.1) is 0 Å². The Bertz CT molecular complexity index is 1820. The highest BCUT2D eigenvalue weighted by molar-refractivity contribution is 5.90. The number of imide groups is 1. The summed E-state index contributed by atoms with van der Waals surface area (Å²) in [7, 11) is 0. The van der Waals surface area contributed by atoms with E-state index < -0.39 is 23.4 Å². The highest BCUT2D eigenvalue weighted by atomic mass is 16.6. The van der Waals surface area contributed by atoms with Crippen molar-refractivity contribution in [3.8, 4) is 28.3 Å². The van der Waals surface area contributed by atoms with Crippen molar-refractivity contribution < 1.29 is 23.8 Å². The van der Waals surface area contributed by atoms with Gasteiger partial charge in [0.2, 0.25) is 0 Å². The first-order valence-electron chi connectivity index (χ1n) is 16.1. The topological polar surface area (TPSA) is 104 Å². The van der Waals surface area contributed by atoms with Crippen LogP contribution in [0.15, 0.2) is 97.3 Å². The van der Waals surface area contributed by atoms with Crippen molar-refractivity contribution in [3.63, 3.8) is 0 Å². The maximum absolute atomic E-state index is 13.1. The molecule has 5 aromatic rings. The van der Waals surface area contributed by atoms with Crippen molar-refractivity contribution in [2.24, 2.45) is 0 Å². The van der Waals surface area contributed by atoms with E-state index in [1.165, 1.54) is 5.56 Å². The van der Waals surface area contributed by atoms with Gasteiger partial charge in [-0.3, -0.25) is 4.98 Å². The van der Waals surface area contributed by atoms with Crippen LogP contribution in [-0.2, 0) is 22.4 Å². The number of aryl methyl sites for hydroxylation is 1. The number of nitrogens with zero attached hydrogens (tertiary/aromatic N) is 4. The number of benzene rings is 3. The third-order valence-corrected chi connectivity index (χ3v) is 7.12. The van der Waals surface area contributed by atoms with E-state index in [4.69, 9.17) is 24.2 Å². The second-order valence-electron chi connectivity index (χ2n) is 13.5. The third kappa shape index (κ3) is 9.15. The highest BCUT2D eigenvalue weighted by Gasteiger charge is 2.31. The molecule has 0 saturated heterocycles. The van der Waals surface area contributed by atoms with Gasteiger partial charge in [0.05, 0.1) is 30.1 Å². The zero-order valence-electron chi connectivity index (χ0n) is 28.4. The van der Waals surface area contributed by atoms with Crippen LogP contribution in [0.25, 0.3) is 33.5 Å². The molecule has 2 aromatic heterocycles. The summed E-state index contributed by atoms with van der Waals surface area (Å²) < 4.78 is 17.3. The van der Waals surface area contributed by atoms with E-state index in [9.17, 15) is 9.59 Å². The number of aromatic nitrogens is 3. The van der Waals surface area contributed by atoms with Gasteiger partial charge in [-0.25, -0.2) is 24.5 Å². The number of ether oxygens (including phenoxy) is 3. The first-order chi connectivity index (χ1) is 22.9. The molecule has 0 N–H and O–H groups in total. The molecule has 0 unspecified atom stereocenters. The van der Waals surface area contributed by atoms with Gasteiger partial charge in [-0.2, -0.15) is 0 Å². The van der Waals surface area contributed by atoms with Crippen molar-refractivity contribution in [1.29, 1.82) is 0 Å². The fourth-order valence-electron chi connectivity index (χ4n) is 4.96. The van der Waals surface area contributed by atoms with Crippen molar-refractivity contribution >= 4 is 23.2 Å². The zero-order chi connectivity index (χ0) is 34.3.